The van der Waals surface area contributed by atoms with E-state index in [2.05, 4.69) is 20.3 Å². The van der Waals surface area contributed by atoms with Gasteiger partial charge in [-0.25, -0.2) is 9.78 Å². The van der Waals surface area contributed by atoms with Crippen molar-refractivity contribution in [3.05, 3.63) is 80.5 Å². The molecule has 0 fully saturated rings. The number of aromatic carboxylic acids is 1. The standard InChI is InChI=1S/C20H14ClN5O3S/c1-11-17(24-23-15-8-4-13(5-9-15)19(28)29)18(27)26(25-11)20-22-16(10-30-20)12-2-6-14(21)7-3-12/h2-10,25H,1H3,(H,28,29). The van der Waals surface area contributed by atoms with Crippen LogP contribution in [0.25, 0.3) is 16.4 Å². The second-order valence-electron chi connectivity index (χ2n) is 6.30. The molecule has 0 atom stereocenters. The maximum absolute atomic E-state index is 12.8. The molecule has 2 N–H and O–H groups in total. The van der Waals surface area contributed by atoms with E-state index in [0.717, 1.165) is 11.3 Å². The Morgan fingerprint density at radius 2 is 1.83 bits per heavy atom. The molecule has 0 spiro atoms. The van der Waals surface area contributed by atoms with Crippen LogP contribution in [0.1, 0.15) is 16.1 Å². The molecule has 8 nitrogen and oxygen atoms in total. The normalized spacial score (nSPS) is 11.3. The molecule has 0 aliphatic carbocycles. The summed E-state index contributed by atoms with van der Waals surface area (Å²) in [5.74, 6) is -1.02. The fourth-order valence-corrected chi connectivity index (χ4v) is 3.61. The van der Waals surface area contributed by atoms with Crippen LogP contribution in [0.15, 0.2) is 68.9 Å². The van der Waals surface area contributed by atoms with Crippen molar-refractivity contribution in [2.24, 2.45) is 10.2 Å². The van der Waals surface area contributed by atoms with Gasteiger partial charge < -0.3 is 5.11 Å². The van der Waals surface area contributed by atoms with E-state index in [1.54, 1.807) is 19.1 Å². The van der Waals surface area contributed by atoms with E-state index < -0.39 is 5.97 Å². The van der Waals surface area contributed by atoms with Crippen molar-refractivity contribution in [2.45, 2.75) is 6.92 Å². The van der Waals surface area contributed by atoms with Gasteiger partial charge >= 0.3 is 11.5 Å². The quantitative estimate of drug-likeness (QED) is 0.407. The summed E-state index contributed by atoms with van der Waals surface area (Å²) in [4.78, 5) is 28.2. The number of carbonyl (C=O) groups is 1. The third-order valence-corrected chi connectivity index (χ3v) is 5.32. The summed E-state index contributed by atoms with van der Waals surface area (Å²) in [5.41, 5.74) is 2.51. The maximum Gasteiger partial charge on any atom is 0.335 e. The number of aryl methyl sites for hydroxylation is 1. The Morgan fingerprint density at radius 3 is 2.50 bits per heavy atom. The van der Waals surface area contributed by atoms with E-state index in [9.17, 15) is 9.59 Å². The lowest BCUT2D eigenvalue weighted by atomic mass is 10.2. The number of azo groups is 1. The van der Waals surface area contributed by atoms with Crippen molar-refractivity contribution in [3.8, 4) is 16.4 Å². The van der Waals surface area contributed by atoms with Gasteiger partial charge in [0.05, 0.1) is 22.6 Å². The number of aromatic amines is 1. The monoisotopic (exact) mass is 439 g/mol. The lowest BCUT2D eigenvalue weighted by Gasteiger charge is -1.97. The number of carboxylic acids is 1. The zero-order chi connectivity index (χ0) is 21.3. The highest BCUT2D eigenvalue weighted by molar-refractivity contribution is 7.12. The molecule has 0 amide bonds. The number of hydrogen-bond acceptors (Lipinski definition) is 6. The highest BCUT2D eigenvalue weighted by Gasteiger charge is 2.15. The van der Waals surface area contributed by atoms with E-state index in [-0.39, 0.29) is 16.8 Å². The Labute approximate surface area is 179 Å². The van der Waals surface area contributed by atoms with Gasteiger partial charge in [-0.2, -0.15) is 9.80 Å². The van der Waals surface area contributed by atoms with Gasteiger partial charge in [-0.1, -0.05) is 23.7 Å². The molecule has 150 valence electrons. The second-order valence-corrected chi connectivity index (χ2v) is 7.57. The van der Waals surface area contributed by atoms with Gasteiger partial charge in [0.25, 0.3) is 0 Å². The number of hydrogen-bond donors (Lipinski definition) is 2. The zero-order valence-corrected chi connectivity index (χ0v) is 17.1. The molecule has 4 aromatic rings. The first kappa shape index (κ1) is 19.7. The average molecular weight is 440 g/mol. The van der Waals surface area contributed by atoms with Crippen LogP contribution < -0.4 is 5.56 Å². The van der Waals surface area contributed by atoms with Crippen LogP contribution in [-0.2, 0) is 0 Å². The predicted molar refractivity (Wildman–Crippen MR) is 115 cm³/mol. The summed E-state index contributed by atoms with van der Waals surface area (Å²) in [7, 11) is 0. The third-order valence-electron chi connectivity index (χ3n) is 4.24. The van der Waals surface area contributed by atoms with E-state index in [0.29, 0.717) is 21.5 Å². The Morgan fingerprint density at radius 1 is 1.13 bits per heavy atom. The molecule has 0 radical (unpaired) electrons. The topological polar surface area (TPSA) is 113 Å². The smallest absolute Gasteiger partial charge is 0.335 e. The van der Waals surface area contributed by atoms with Crippen LogP contribution in [0.3, 0.4) is 0 Å². The molecule has 2 heterocycles. The Balaban J connectivity index is 1.62. The van der Waals surface area contributed by atoms with Crippen molar-refractivity contribution >= 4 is 40.3 Å². The zero-order valence-electron chi connectivity index (χ0n) is 15.5. The molecule has 4 rings (SSSR count). The van der Waals surface area contributed by atoms with E-state index >= 15 is 0 Å². The number of rotatable bonds is 5. The first-order chi connectivity index (χ1) is 14.4. The third kappa shape index (κ3) is 3.93. The summed E-state index contributed by atoms with van der Waals surface area (Å²) in [6.45, 7) is 1.72. The van der Waals surface area contributed by atoms with E-state index in [4.69, 9.17) is 16.7 Å². The largest absolute Gasteiger partial charge is 0.478 e. The highest BCUT2D eigenvalue weighted by Crippen LogP contribution is 2.26. The van der Waals surface area contributed by atoms with Gasteiger partial charge in [0.15, 0.2) is 5.69 Å². The first-order valence-corrected chi connectivity index (χ1v) is 9.96. The van der Waals surface area contributed by atoms with Crippen LogP contribution in [0.2, 0.25) is 5.02 Å². The van der Waals surface area contributed by atoms with Crippen LogP contribution >= 0.6 is 22.9 Å². The van der Waals surface area contributed by atoms with Crippen molar-refractivity contribution in [1.29, 1.82) is 0 Å². The molecule has 0 saturated heterocycles. The van der Waals surface area contributed by atoms with Crippen molar-refractivity contribution in [2.75, 3.05) is 0 Å². The molecule has 0 bridgehead atoms. The van der Waals surface area contributed by atoms with Gasteiger partial charge in [-0.05, 0) is 43.3 Å². The van der Waals surface area contributed by atoms with Crippen molar-refractivity contribution < 1.29 is 9.90 Å². The van der Waals surface area contributed by atoms with Crippen LogP contribution in [-0.4, -0.2) is 25.8 Å². The number of carboxylic acid groups (broad SMARTS) is 1. The Bertz CT molecular complexity index is 1300. The summed E-state index contributed by atoms with van der Waals surface area (Å²) < 4.78 is 1.32. The van der Waals surface area contributed by atoms with E-state index in [1.165, 1.54) is 40.3 Å². The van der Waals surface area contributed by atoms with E-state index in [1.807, 2.05) is 17.5 Å². The van der Waals surface area contributed by atoms with Crippen molar-refractivity contribution in [3.63, 3.8) is 0 Å². The Kier molecular flexibility index (Phi) is 5.30. The summed E-state index contributed by atoms with van der Waals surface area (Å²) in [6, 6.07) is 13.2. The Hall–Kier alpha value is -3.56. The number of aromatic nitrogens is 3. The molecule has 2 aromatic heterocycles. The lowest BCUT2D eigenvalue weighted by Crippen LogP contribution is -2.13. The maximum atomic E-state index is 12.8. The molecular formula is C20H14ClN5O3S. The minimum atomic E-state index is -1.02. The average Bonchev–Trinajstić information content (AvgIpc) is 3.32. The molecule has 0 aliphatic rings. The van der Waals surface area contributed by atoms with Gasteiger partial charge in [0.2, 0.25) is 5.13 Å². The number of nitrogens with zero attached hydrogens (tertiary/aromatic N) is 4. The number of nitrogens with one attached hydrogen (secondary N) is 1. The molecule has 0 saturated carbocycles. The summed E-state index contributed by atoms with van der Waals surface area (Å²) >= 11 is 7.24. The second kappa shape index (κ2) is 8.05. The van der Waals surface area contributed by atoms with Crippen LogP contribution in [0.5, 0.6) is 0 Å². The predicted octanol–water partition coefficient (Wildman–Crippen LogP) is 5.36. The van der Waals surface area contributed by atoms with Crippen molar-refractivity contribution in [1.82, 2.24) is 14.8 Å². The van der Waals surface area contributed by atoms with Gasteiger partial charge in [0.1, 0.15) is 0 Å². The number of thiazole rings is 1. The summed E-state index contributed by atoms with van der Waals surface area (Å²) in [6.07, 6.45) is 0. The minimum Gasteiger partial charge on any atom is -0.478 e. The molecule has 30 heavy (non-hydrogen) atoms. The number of H-pyrrole nitrogens is 1. The number of benzene rings is 2. The summed E-state index contributed by atoms with van der Waals surface area (Å²) in [5, 5.41) is 22.9. The lowest BCUT2D eigenvalue weighted by molar-refractivity contribution is 0.0697. The molecular weight excluding hydrogens is 426 g/mol. The van der Waals surface area contributed by atoms with Gasteiger partial charge in [-0.15, -0.1) is 16.5 Å². The highest BCUT2D eigenvalue weighted by atomic mass is 35.5. The molecule has 0 unspecified atom stereocenters. The fourth-order valence-electron chi connectivity index (χ4n) is 2.69. The van der Waals surface area contributed by atoms with Crippen LogP contribution in [0.4, 0.5) is 11.4 Å². The van der Waals surface area contributed by atoms with Gasteiger partial charge in [0, 0.05) is 16.0 Å². The SMILES string of the molecule is Cc1[nH]n(-c2nc(-c3ccc(Cl)cc3)cs2)c(=O)c1N=Nc1ccc(C(=O)O)cc1. The minimum absolute atomic E-state index is 0.148. The molecule has 2 aromatic carbocycles. The van der Waals surface area contributed by atoms with Gasteiger partial charge in [-0.3, -0.25) is 9.89 Å². The molecule has 0 aliphatic heterocycles. The van der Waals surface area contributed by atoms with Crippen LogP contribution in [0, 0.1) is 6.92 Å². The number of halogens is 1. The first-order valence-electron chi connectivity index (χ1n) is 8.71. The molecule has 10 heteroatoms. The fraction of sp³-hybridized carbons (Fsp3) is 0.0500.